The SMILES string of the molecule is CC/C=C(\C=C/CN(c1ccccc1)c1ccc(-c2ccc(-c3ccccc3)s2)cc1)c1ccc(N(c2ccc(-c3ccccc3)cc2)c2ccc(-c3ccccc3)cc2)cc1. The minimum Gasteiger partial charge on any atom is -0.338 e. The van der Waals surface area contributed by atoms with Gasteiger partial charge in [0.05, 0.1) is 0 Å². The zero-order chi connectivity index (χ0) is 41.9. The molecule has 1 aromatic heterocycles. The molecule has 8 aromatic carbocycles. The van der Waals surface area contributed by atoms with Crippen molar-refractivity contribution in [3.8, 4) is 43.1 Å². The molecule has 0 bridgehead atoms. The first-order chi connectivity index (χ1) is 30.7. The highest BCUT2D eigenvalue weighted by atomic mass is 32.1. The van der Waals surface area contributed by atoms with E-state index in [2.05, 4.69) is 265 Å². The summed E-state index contributed by atoms with van der Waals surface area (Å²) in [4.78, 5) is 7.27. The van der Waals surface area contributed by atoms with E-state index in [0.29, 0.717) is 0 Å². The van der Waals surface area contributed by atoms with E-state index in [9.17, 15) is 0 Å². The van der Waals surface area contributed by atoms with Gasteiger partial charge in [-0.2, -0.15) is 0 Å². The Hall–Kier alpha value is -7.46. The van der Waals surface area contributed by atoms with E-state index in [-0.39, 0.29) is 0 Å². The molecule has 0 atom stereocenters. The number of hydrogen-bond acceptors (Lipinski definition) is 3. The van der Waals surface area contributed by atoms with Crippen molar-refractivity contribution in [3.05, 3.63) is 254 Å². The lowest BCUT2D eigenvalue weighted by Gasteiger charge is -2.26. The largest absolute Gasteiger partial charge is 0.338 e. The number of allylic oxidation sites excluding steroid dienone is 3. The number of hydrogen-bond donors (Lipinski definition) is 0. The van der Waals surface area contributed by atoms with Gasteiger partial charge in [0.2, 0.25) is 0 Å². The molecule has 0 aliphatic rings. The molecule has 0 unspecified atom stereocenters. The second-order valence-electron chi connectivity index (χ2n) is 15.2. The molecule has 0 N–H and O–H groups in total. The Morgan fingerprint density at radius 3 is 1.24 bits per heavy atom. The first-order valence-electron chi connectivity index (χ1n) is 21.4. The Kier molecular flexibility index (Phi) is 12.4. The fraction of sp³-hybridized carbons (Fsp3) is 0.0508. The highest BCUT2D eigenvalue weighted by Crippen LogP contribution is 2.39. The van der Waals surface area contributed by atoms with Crippen LogP contribution in [-0.4, -0.2) is 6.54 Å². The van der Waals surface area contributed by atoms with Crippen LogP contribution in [0, 0.1) is 0 Å². The van der Waals surface area contributed by atoms with Crippen molar-refractivity contribution in [3.63, 3.8) is 0 Å². The van der Waals surface area contributed by atoms with Gasteiger partial charge in [-0.25, -0.2) is 0 Å². The van der Waals surface area contributed by atoms with Crippen LogP contribution in [0.15, 0.2) is 249 Å². The van der Waals surface area contributed by atoms with E-state index in [1.165, 1.54) is 54.3 Å². The topological polar surface area (TPSA) is 6.48 Å². The van der Waals surface area contributed by atoms with Crippen molar-refractivity contribution in [1.82, 2.24) is 0 Å². The number of rotatable bonds is 14. The van der Waals surface area contributed by atoms with Crippen molar-refractivity contribution >= 4 is 45.3 Å². The molecule has 3 heteroatoms. The van der Waals surface area contributed by atoms with Crippen LogP contribution < -0.4 is 9.80 Å². The molecule has 62 heavy (non-hydrogen) atoms. The molecule has 9 aromatic rings. The molecule has 0 saturated carbocycles. The first kappa shape index (κ1) is 40.0. The fourth-order valence-electron chi connectivity index (χ4n) is 7.93. The molecule has 1 heterocycles. The van der Waals surface area contributed by atoms with Crippen molar-refractivity contribution < 1.29 is 0 Å². The van der Waals surface area contributed by atoms with Gasteiger partial charge in [-0.15, -0.1) is 11.3 Å². The average Bonchev–Trinajstić information content (AvgIpc) is 3.85. The lowest BCUT2D eigenvalue weighted by Crippen LogP contribution is -2.16. The number of thiophene rings is 1. The number of benzene rings is 8. The molecule has 300 valence electrons. The maximum absolute atomic E-state index is 2.38. The summed E-state index contributed by atoms with van der Waals surface area (Å²) in [5.41, 5.74) is 15.3. The fourth-order valence-corrected chi connectivity index (χ4v) is 8.95. The van der Waals surface area contributed by atoms with Crippen molar-refractivity contribution in [2.24, 2.45) is 0 Å². The van der Waals surface area contributed by atoms with E-state index < -0.39 is 0 Å². The number of anilines is 5. The summed E-state index contributed by atoms with van der Waals surface area (Å²) < 4.78 is 0. The van der Waals surface area contributed by atoms with Crippen LogP contribution >= 0.6 is 11.3 Å². The molecule has 9 rings (SSSR count). The van der Waals surface area contributed by atoms with Crippen LogP contribution in [0.2, 0.25) is 0 Å². The van der Waals surface area contributed by atoms with Gasteiger partial charge in [0.25, 0.3) is 0 Å². The molecule has 2 nitrogen and oxygen atoms in total. The van der Waals surface area contributed by atoms with Gasteiger partial charge in [0.1, 0.15) is 0 Å². The highest BCUT2D eigenvalue weighted by molar-refractivity contribution is 7.18. The van der Waals surface area contributed by atoms with E-state index in [0.717, 1.165) is 41.4 Å². The van der Waals surface area contributed by atoms with Crippen LogP contribution in [0.1, 0.15) is 18.9 Å². The van der Waals surface area contributed by atoms with E-state index in [1.807, 2.05) is 11.3 Å². The second-order valence-corrected chi connectivity index (χ2v) is 16.3. The summed E-state index contributed by atoms with van der Waals surface area (Å²) in [5.74, 6) is 0. The van der Waals surface area contributed by atoms with E-state index in [1.54, 1.807) is 0 Å². The maximum Gasteiger partial charge on any atom is 0.0462 e. The zero-order valence-corrected chi connectivity index (χ0v) is 35.7. The summed E-state index contributed by atoms with van der Waals surface area (Å²) in [6.07, 6.45) is 7.83. The predicted octanol–water partition coefficient (Wildman–Crippen LogP) is 17.1. The normalized spacial score (nSPS) is 11.5. The van der Waals surface area contributed by atoms with Gasteiger partial charge in [-0.1, -0.05) is 183 Å². The third-order valence-corrected chi connectivity index (χ3v) is 12.3. The standard InChI is InChI=1S/C59H48N2S/c1-2-16-45(23-15-44-60(53-24-13-6-14-25-53)54-34-32-52(33-35-54)59-43-42-58(62-59)51-21-11-5-12-22-51)48-26-36-55(37-27-48)61(56-38-28-49(29-39-56)46-17-7-3-8-18-46)57-40-30-50(31-41-57)47-19-9-4-10-20-47/h3-43H,2,44H2,1H3/b23-15-,45-16+. The van der Waals surface area contributed by atoms with Crippen molar-refractivity contribution in [1.29, 1.82) is 0 Å². The molecule has 0 spiro atoms. The molecule has 0 saturated heterocycles. The summed E-state index contributed by atoms with van der Waals surface area (Å²) in [7, 11) is 0. The minimum absolute atomic E-state index is 0.728. The third kappa shape index (κ3) is 9.29. The van der Waals surface area contributed by atoms with Crippen LogP contribution in [0.3, 0.4) is 0 Å². The Morgan fingerprint density at radius 1 is 0.387 bits per heavy atom. The number of para-hydroxylation sites is 1. The zero-order valence-electron chi connectivity index (χ0n) is 34.9. The molecular weight excluding hydrogens is 769 g/mol. The summed E-state index contributed by atoms with van der Waals surface area (Å²) in [6.45, 7) is 2.93. The molecular formula is C59H48N2S. The summed E-state index contributed by atoms with van der Waals surface area (Å²) in [5, 5.41) is 0. The van der Waals surface area contributed by atoms with Gasteiger partial charge in [-0.3, -0.25) is 0 Å². The predicted molar refractivity (Wildman–Crippen MR) is 268 cm³/mol. The van der Waals surface area contributed by atoms with Crippen LogP contribution in [0.4, 0.5) is 28.4 Å². The molecule has 0 aliphatic heterocycles. The van der Waals surface area contributed by atoms with E-state index >= 15 is 0 Å². The molecule has 0 aliphatic carbocycles. The number of nitrogens with zero attached hydrogens (tertiary/aromatic N) is 2. The van der Waals surface area contributed by atoms with E-state index in [4.69, 9.17) is 0 Å². The second kappa shape index (κ2) is 19.3. The monoisotopic (exact) mass is 816 g/mol. The smallest absolute Gasteiger partial charge is 0.0462 e. The Balaban J connectivity index is 0.966. The average molecular weight is 817 g/mol. The van der Waals surface area contributed by atoms with Crippen LogP contribution in [0.25, 0.3) is 48.7 Å². The van der Waals surface area contributed by atoms with Gasteiger partial charge in [-0.05, 0) is 124 Å². The maximum atomic E-state index is 2.38. The van der Waals surface area contributed by atoms with Gasteiger partial charge in [0.15, 0.2) is 0 Å². The van der Waals surface area contributed by atoms with Crippen molar-refractivity contribution in [2.45, 2.75) is 13.3 Å². The summed E-state index contributed by atoms with van der Waals surface area (Å²) >= 11 is 1.83. The van der Waals surface area contributed by atoms with Crippen molar-refractivity contribution in [2.75, 3.05) is 16.3 Å². The highest BCUT2D eigenvalue weighted by Gasteiger charge is 2.15. The Bertz CT molecular complexity index is 2760. The molecule has 0 radical (unpaired) electrons. The van der Waals surface area contributed by atoms with Crippen LogP contribution in [0.5, 0.6) is 0 Å². The molecule has 0 fully saturated rings. The lowest BCUT2D eigenvalue weighted by atomic mass is 10.0. The Morgan fingerprint density at radius 2 is 0.758 bits per heavy atom. The third-order valence-electron chi connectivity index (χ3n) is 11.1. The van der Waals surface area contributed by atoms with Gasteiger partial charge >= 0.3 is 0 Å². The van der Waals surface area contributed by atoms with Crippen LogP contribution in [-0.2, 0) is 0 Å². The first-order valence-corrected chi connectivity index (χ1v) is 22.2. The lowest BCUT2D eigenvalue weighted by molar-refractivity contribution is 1.10. The van der Waals surface area contributed by atoms with Gasteiger partial charge in [0, 0.05) is 44.7 Å². The van der Waals surface area contributed by atoms with Gasteiger partial charge < -0.3 is 9.80 Å². The summed E-state index contributed by atoms with van der Waals surface area (Å²) in [6, 6.07) is 82.6. The molecule has 0 amide bonds. The minimum atomic E-state index is 0.728. The Labute approximate surface area is 370 Å². The quantitative estimate of drug-likeness (QED) is 0.101.